The van der Waals surface area contributed by atoms with Crippen molar-refractivity contribution in [3.63, 3.8) is 0 Å². The van der Waals surface area contributed by atoms with E-state index in [4.69, 9.17) is 5.11 Å². The third kappa shape index (κ3) is 3.74. The molecule has 0 fully saturated rings. The van der Waals surface area contributed by atoms with Gasteiger partial charge in [0.2, 0.25) is 5.82 Å². The number of aliphatic carboxylic acids is 1. The molecule has 0 spiro atoms. The monoisotopic (exact) mass is 284 g/mol. The minimum Gasteiger partial charge on any atom is -0.480 e. The first-order valence-electron chi connectivity index (χ1n) is 5.84. The van der Waals surface area contributed by atoms with Crippen molar-refractivity contribution in [3.05, 3.63) is 39.7 Å². The number of benzene rings is 1. The third-order valence-corrected chi connectivity index (χ3v) is 2.59. The maximum atomic E-state index is 13.1. The van der Waals surface area contributed by atoms with E-state index in [-0.39, 0.29) is 12.0 Å². The molecule has 0 radical (unpaired) electrons. The number of rotatable bonds is 6. The summed E-state index contributed by atoms with van der Waals surface area (Å²) in [6, 6.07) is 1.54. The molecule has 1 rings (SSSR count). The molecule has 1 amide bonds. The summed E-state index contributed by atoms with van der Waals surface area (Å²) in [5, 5.41) is 21.7. The molecule has 0 saturated heterocycles. The molecule has 8 heteroatoms. The fourth-order valence-corrected chi connectivity index (χ4v) is 1.58. The highest BCUT2D eigenvalue weighted by Crippen LogP contribution is 2.18. The van der Waals surface area contributed by atoms with Crippen molar-refractivity contribution in [2.75, 3.05) is 0 Å². The molecule has 0 saturated carbocycles. The maximum Gasteiger partial charge on any atom is 0.326 e. The first kappa shape index (κ1) is 15.5. The fraction of sp³-hybridized carbons (Fsp3) is 0.333. The number of carboxylic acids is 1. The number of amides is 1. The molecule has 7 nitrogen and oxygen atoms in total. The normalized spacial score (nSPS) is 11.7. The van der Waals surface area contributed by atoms with E-state index in [0.717, 1.165) is 18.2 Å². The van der Waals surface area contributed by atoms with E-state index in [1.807, 2.05) is 0 Å². The Morgan fingerprint density at radius 2 is 2.15 bits per heavy atom. The van der Waals surface area contributed by atoms with E-state index < -0.39 is 34.3 Å². The second-order valence-corrected chi connectivity index (χ2v) is 4.08. The Kier molecular flexibility index (Phi) is 5.13. The molecule has 2 N–H and O–H groups in total. The van der Waals surface area contributed by atoms with Crippen molar-refractivity contribution < 1.29 is 24.0 Å². The summed E-state index contributed by atoms with van der Waals surface area (Å²) in [6.45, 7) is 1.75. The lowest BCUT2D eigenvalue weighted by molar-refractivity contribution is -0.387. The maximum absolute atomic E-state index is 13.1. The Balaban J connectivity index is 2.95. The first-order valence-corrected chi connectivity index (χ1v) is 5.84. The van der Waals surface area contributed by atoms with Crippen LogP contribution in [0.5, 0.6) is 0 Å². The van der Waals surface area contributed by atoms with Gasteiger partial charge in [0.15, 0.2) is 0 Å². The van der Waals surface area contributed by atoms with Gasteiger partial charge in [-0.05, 0) is 18.6 Å². The minimum atomic E-state index is -1.20. The highest BCUT2D eigenvalue weighted by molar-refractivity contribution is 5.97. The molecule has 0 aliphatic heterocycles. The molecule has 1 aromatic rings. The van der Waals surface area contributed by atoms with Crippen LogP contribution in [0.2, 0.25) is 0 Å². The lowest BCUT2D eigenvalue weighted by Gasteiger charge is -2.13. The van der Waals surface area contributed by atoms with Crippen LogP contribution in [-0.2, 0) is 4.79 Å². The number of nitro benzene ring substituents is 1. The summed E-state index contributed by atoms with van der Waals surface area (Å²) in [5.74, 6) is -3.05. The highest BCUT2D eigenvalue weighted by atomic mass is 19.1. The van der Waals surface area contributed by atoms with Gasteiger partial charge in [0.05, 0.1) is 4.92 Å². The molecular formula is C12H13FN2O5. The van der Waals surface area contributed by atoms with Crippen LogP contribution in [0.15, 0.2) is 18.2 Å². The molecule has 0 heterocycles. The van der Waals surface area contributed by atoms with Crippen molar-refractivity contribution in [2.24, 2.45) is 0 Å². The summed E-state index contributed by atoms with van der Waals surface area (Å²) in [7, 11) is 0. The van der Waals surface area contributed by atoms with Crippen LogP contribution >= 0.6 is 0 Å². The van der Waals surface area contributed by atoms with Crippen molar-refractivity contribution in [1.29, 1.82) is 0 Å². The van der Waals surface area contributed by atoms with E-state index >= 15 is 0 Å². The Labute approximate surface area is 113 Å². The first-order chi connectivity index (χ1) is 9.36. The fourth-order valence-electron chi connectivity index (χ4n) is 1.58. The van der Waals surface area contributed by atoms with Crippen LogP contribution in [-0.4, -0.2) is 27.9 Å². The van der Waals surface area contributed by atoms with Gasteiger partial charge < -0.3 is 10.4 Å². The van der Waals surface area contributed by atoms with Crippen LogP contribution in [0, 0.1) is 15.9 Å². The summed E-state index contributed by atoms with van der Waals surface area (Å²) in [4.78, 5) is 32.3. The van der Waals surface area contributed by atoms with Gasteiger partial charge in [-0.1, -0.05) is 13.3 Å². The second-order valence-electron chi connectivity index (χ2n) is 4.08. The van der Waals surface area contributed by atoms with Gasteiger partial charge in [0, 0.05) is 11.6 Å². The van der Waals surface area contributed by atoms with E-state index in [2.05, 4.69) is 5.32 Å². The number of hydrogen-bond donors (Lipinski definition) is 2. The lowest BCUT2D eigenvalue weighted by atomic mass is 10.1. The molecule has 1 atom stereocenters. The molecule has 0 aliphatic rings. The molecule has 0 aliphatic carbocycles. The Morgan fingerprint density at radius 1 is 1.50 bits per heavy atom. The summed E-state index contributed by atoms with van der Waals surface area (Å²) < 4.78 is 13.1. The molecular weight excluding hydrogens is 271 g/mol. The quantitative estimate of drug-likeness (QED) is 0.610. The molecule has 0 bridgehead atoms. The van der Waals surface area contributed by atoms with Crippen molar-refractivity contribution in [3.8, 4) is 0 Å². The average molecular weight is 284 g/mol. The van der Waals surface area contributed by atoms with Gasteiger partial charge in [0.1, 0.15) is 6.04 Å². The van der Waals surface area contributed by atoms with Crippen LogP contribution in [0.3, 0.4) is 0 Å². The lowest BCUT2D eigenvalue weighted by Crippen LogP contribution is -2.40. The van der Waals surface area contributed by atoms with Crippen LogP contribution in [0.4, 0.5) is 10.1 Å². The smallest absolute Gasteiger partial charge is 0.326 e. The van der Waals surface area contributed by atoms with E-state index in [1.165, 1.54) is 0 Å². The van der Waals surface area contributed by atoms with Crippen LogP contribution < -0.4 is 5.32 Å². The van der Waals surface area contributed by atoms with Crippen molar-refractivity contribution >= 4 is 17.6 Å². The van der Waals surface area contributed by atoms with Gasteiger partial charge in [-0.15, -0.1) is 0 Å². The number of nitrogens with zero attached hydrogens (tertiary/aromatic N) is 1. The van der Waals surface area contributed by atoms with E-state index in [0.29, 0.717) is 6.42 Å². The van der Waals surface area contributed by atoms with Gasteiger partial charge >= 0.3 is 11.7 Å². The number of hydrogen-bond acceptors (Lipinski definition) is 4. The van der Waals surface area contributed by atoms with Gasteiger partial charge in [-0.25, -0.2) is 4.79 Å². The van der Waals surface area contributed by atoms with E-state index in [9.17, 15) is 24.1 Å². The second kappa shape index (κ2) is 6.60. The predicted molar refractivity (Wildman–Crippen MR) is 66.9 cm³/mol. The summed E-state index contributed by atoms with van der Waals surface area (Å²) in [6.07, 6.45) is 0.769. The molecule has 1 aromatic carbocycles. The Morgan fingerprint density at radius 3 is 2.65 bits per heavy atom. The van der Waals surface area contributed by atoms with Gasteiger partial charge in [-0.3, -0.25) is 14.9 Å². The van der Waals surface area contributed by atoms with Gasteiger partial charge in [0.25, 0.3) is 5.91 Å². The number of carbonyl (C=O) groups is 2. The summed E-state index contributed by atoms with van der Waals surface area (Å²) in [5.41, 5.74) is -1.000. The van der Waals surface area contributed by atoms with E-state index in [1.54, 1.807) is 6.92 Å². The largest absolute Gasteiger partial charge is 0.480 e. The Hall–Kier alpha value is -2.51. The number of halogens is 1. The predicted octanol–water partition coefficient (Wildman–Crippen LogP) is 1.72. The minimum absolute atomic E-state index is 0.166. The number of carboxylic acid groups (broad SMARTS) is 1. The number of carbonyl (C=O) groups excluding carboxylic acids is 1. The Bertz CT molecular complexity index is 547. The topological polar surface area (TPSA) is 110 Å². The van der Waals surface area contributed by atoms with Crippen LogP contribution in [0.1, 0.15) is 30.1 Å². The average Bonchev–Trinajstić information content (AvgIpc) is 2.38. The number of nitrogens with one attached hydrogen (secondary N) is 1. The molecule has 1 unspecified atom stereocenters. The van der Waals surface area contributed by atoms with Crippen LogP contribution in [0.25, 0.3) is 0 Å². The zero-order chi connectivity index (χ0) is 15.3. The zero-order valence-electron chi connectivity index (χ0n) is 10.6. The number of nitro groups is 1. The SMILES string of the molecule is CCCC(NC(=O)c1ccc(F)c([N+](=O)[O-])c1)C(=O)O. The highest BCUT2D eigenvalue weighted by Gasteiger charge is 2.22. The molecule has 0 aromatic heterocycles. The molecule has 108 valence electrons. The zero-order valence-corrected chi connectivity index (χ0v) is 10.6. The summed E-state index contributed by atoms with van der Waals surface area (Å²) >= 11 is 0. The third-order valence-electron chi connectivity index (χ3n) is 2.59. The van der Waals surface area contributed by atoms with Crippen molar-refractivity contribution in [1.82, 2.24) is 5.32 Å². The molecule has 20 heavy (non-hydrogen) atoms. The van der Waals surface area contributed by atoms with Gasteiger partial charge in [-0.2, -0.15) is 4.39 Å². The van der Waals surface area contributed by atoms with Crippen molar-refractivity contribution in [2.45, 2.75) is 25.8 Å². The standard InChI is InChI=1S/C12H13FN2O5/c1-2-3-9(12(17)18)14-11(16)7-4-5-8(13)10(6-7)15(19)20/h4-6,9H,2-3H2,1H3,(H,14,16)(H,17,18).